The average Bonchev–Trinajstić information content (AvgIpc) is 2.48. The van der Waals surface area contributed by atoms with E-state index in [1.807, 2.05) is 44.4 Å². The van der Waals surface area contributed by atoms with Gasteiger partial charge >= 0.3 is 0 Å². The van der Waals surface area contributed by atoms with Crippen molar-refractivity contribution in [2.45, 2.75) is 43.7 Å². The second-order valence-electron chi connectivity index (χ2n) is 4.80. The molecule has 1 fully saturated rings. The highest BCUT2D eigenvalue weighted by Crippen LogP contribution is 2.26. The third-order valence-electron chi connectivity index (χ3n) is 3.61. The van der Waals surface area contributed by atoms with Gasteiger partial charge < -0.3 is 5.32 Å². The quantitative estimate of drug-likeness (QED) is 0.867. The number of hydrogen-bond acceptors (Lipinski definition) is 3. The van der Waals surface area contributed by atoms with Gasteiger partial charge in [0.25, 0.3) is 0 Å². The molecule has 2 rings (SSSR count). The van der Waals surface area contributed by atoms with E-state index in [9.17, 15) is 9.59 Å². The lowest BCUT2D eigenvalue weighted by molar-refractivity contribution is -0.134. The zero-order valence-corrected chi connectivity index (χ0v) is 12.9. The van der Waals surface area contributed by atoms with E-state index in [-0.39, 0.29) is 11.8 Å². The highest BCUT2D eigenvalue weighted by Gasteiger charge is 2.39. The van der Waals surface area contributed by atoms with Gasteiger partial charge in [-0.15, -0.1) is 11.8 Å². The van der Waals surface area contributed by atoms with Crippen molar-refractivity contribution in [3.63, 3.8) is 0 Å². The van der Waals surface area contributed by atoms with Crippen molar-refractivity contribution in [3.05, 3.63) is 24.3 Å². The zero-order chi connectivity index (χ0) is 14.7. The number of nitrogens with one attached hydrogen (secondary N) is 1. The Balaban J connectivity index is 2.36. The maximum atomic E-state index is 12.5. The van der Waals surface area contributed by atoms with Gasteiger partial charge in [-0.1, -0.05) is 13.8 Å². The van der Waals surface area contributed by atoms with Gasteiger partial charge in [-0.3, -0.25) is 14.5 Å². The summed E-state index contributed by atoms with van der Waals surface area (Å²) in [4.78, 5) is 27.5. The first-order valence-electron chi connectivity index (χ1n) is 6.89. The molecule has 2 unspecified atom stereocenters. The number of amides is 2. The largest absolute Gasteiger partial charge is 0.342 e. The minimum absolute atomic E-state index is 0.0177. The van der Waals surface area contributed by atoms with Crippen LogP contribution in [0.25, 0.3) is 0 Å². The molecule has 1 heterocycles. The van der Waals surface area contributed by atoms with E-state index in [1.165, 1.54) is 0 Å². The van der Waals surface area contributed by atoms with E-state index in [4.69, 9.17) is 0 Å². The summed E-state index contributed by atoms with van der Waals surface area (Å²) in [5.41, 5.74) is 0.799. The monoisotopic (exact) mass is 292 g/mol. The standard InChI is InChI=1S/C15H20N2O2S/c1-4-12-15(19)17(13(5-2)14(18)16-12)10-6-8-11(20-3)9-7-10/h6-9,12-13H,4-5H2,1-3H3,(H,16,18). The van der Waals surface area contributed by atoms with Gasteiger partial charge in [-0.2, -0.15) is 0 Å². The molecular formula is C15H20N2O2S. The third-order valence-corrected chi connectivity index (χ3v) is 4.36. The van der Waals surface area contributed by atoms with E-state index in [0.717, 1.165) is 10.6 Å². The van der Waals surface area contributed by atoms with Crippen molar-refractivity contribution < 1.29 is 9.59 Å². The van der Waals surface area contributed by atoms with Crippen molar-refractivity contribution in [2.75, 3.05) is 11.2 Å². The summed E-state index contributed by atoms with van der Waals surface area (Å²) in [7, 11) is 0. The molecule has 1 aromatic rings. The maximum absolute atomic E-state index is 12.5. The van der Waals surface area contributed by atoms with Crippen molar-refractivity contribution in [1.82, 2.24) is 5.32 Å². The molecule has 20 heavy (non-hydrogen) atoms. The topological polar surface area (TPSA) is 49.4 Å². The SMILES string of the molecule is CCC1NC(=O)C(CC)N(c2ccc(SC)cc2)C1=O. The summed E-state index contributed by atoms with van der Waals surface area (Å²) in [6.07, 6.45) is 3.23. The minimum atomic E-state index is -0.412. The normalized spacial score (nSPS) is 22.9. The lowest BCUT2D eigenvalue weighted by atomic mass is 10.0. The lowest BCUT2D eigenvalue weighted by Crippen LogP contribution is -2.63. The molecule has 1 aliphatic heterocycles. The number of carbonyl (C=O) groups excluding carboxylic acids is 2. The smallest absolute Gasteiger partial charge is 0.250 e. The number of hydrogen-bond donors (Lipinski definition) is 1. The molecule has 0 radical (unpaired) electrons. The van der Waals surface area contributed by atoms with Crippen molar-refractivity contribution in [3.8, 4) is 0 Å². The van der Waals surface area contributed by atoms with Crippen LogP contribution in [-0.4, -0.2) is 30.2 Å². The third kappa shape index (κ3) is 2.68. The van der Waals surface area contributed by atoms with Crippen LogP contribution in [0.3, 0.4) is 0 Å². The molecule has 0 aromatic heterocycles. The Labute approximate surface area is 123 Å². The Hall–Kier alpha value is -1.49. The number of benzene rings is 1. The first-order valence-corrected chi connectivity index (χ1v) is 8.12. The fourth-order valence-electron chi connectivity index (χ4n) is 2.46. The zero-order valence-electron chi connectivity index (χ0n) is 12.1. The molecule has 5 heteroatoms. The summed E-state index contributed by atoms with van der Waals surface area (Å²) >= 11 is 1.65. The van der Waals surface area contributed by atoms with E-state index in [2.05, 4.69) is 5.32 Å². The molecule has 0 bridgehead atoms. The molecule has 1 aromatic carbocycles. The second-order valence-corrected chi connectivity index (χ2v) is 5.68. The second kappa shape index (κ2) is 6.31. The summed E-state index contributed by atoms with van der Waals surface area (Å²) in [5, 5.41) is 2.80. The van der Waals surface area contributed by atoms with Gasteiger partial charge in [0.05, 0.1) is 0 Å². The summed E-state index contributed by atoms with van der Waals surface area (Å²) in [5.74, 6) is -0.0799. The molecule has 1 saturated heterocycles. The van der Waals surface area contributed by atoms with Crippen LogP contribution in [0.1, 0.15) is 26.7 Å². The molecule has 108 valence electrons. The fraction of sp³-hybridized carbons (Fsp3) is 0.467. The molecule has 0 aliphatic carbocycles. The fourth-order valence-corrected chi connectivity index (χ4v) is 2.87. The van der Waals surface area contributed by atoms with Gasteiger partial charge in [-0.05, 0) is 43.4 Å². The average molecular weight is 292 g/mol. The predicted octanol–water partition coefficient (Wildman–Crippen LogP) is 2.43. The minimum Gasteiger partial charge on any atom is -0.342 e. The molecule has 0 spiro atoms. The summed E-state index contributed by atoms with van der Waals surface area (Å²) in [6, 6.07) is 6.96. The van der Waals surface area contributed by atoms with Crippen LogP contribution in [0, 0.1) is 0 Å². The van der Waals surface area contributed by atoms with Crippen molar-refractivity contribution in [2.24, 2.45) is 0 Å². The first-order chi connectivity index (χ1) is 9.62. The Morgan fingerprint density at radius 2 is 1.80 bits per heavy atom. The number of nitrogens with zero attached hydrogens (tertiary/aromatic N) is 1. The van der Waals surface area contributed by atoms with E-state index >= 15 is 0 Å². The number of rotatable bonds is 4. The molecule has 2 amide bonds. The Bertz CT molecular complexity index is 501. The van der Waals surface area contributed by atoms with Crippen molar-refractivity contribution >= 4 is 29.3 Å². The van der Waals surface area contributed by atoms with E-state index in [0.29, 0.717) is 12.8 Å². The van der Waals surface area contributed by atoms with Crippen molar-refractivity contribution in [1.29, 1.82) is 0 Å². The van der Waals surface area contributed by atoms with Crippen LogP contribution in [0.5, 0.6) is 0 Å². The number of thioether (sulfide) groups is 1. The number of piperazine rings is 1. The Morgan fingerprint density at radius 1 is 1.15 bits per heavy atom. The van der Waals surface area contributed by atoms with Crippen LogP contribution >= 0.6 is 11.8 Å². The molecular weight excluding hydrogens is 272 g/mol. The van der Waals surface area contributed by atoms with Crippen LogP contribution in [0.2, 0.25) is 0 Å². The molecule has 4 nitrogen and oxygen atoms in total. The molecule has 1 aliphatic rings. The maximum Gasteiger partial charge on any atom is 0.250 e. The van der Waals surface area contributed by atoms with Crippen LogP contribution in [0.15, 0.2) is 29.2 Å². The van der Waals surface area contributed by atoms with Crippen LogP contribution in [0.4, 0.5) is 5.69 Å². The van der Waals surface area contributed by atoms with Crippen LogP contribution < -0.4 is 10.2 Å². The van der Waals surface area contributed by atoms with Gasteiger partial charge in [-0.25, -0.2) is 0 Å². The van der Waals surface area contributed by atoms with E-state index < -0.39 is 12.1 Å². The summed E-state index contributed by atoms with van der Waals surface area (Å²) < 4.78 is 0. The highest BCUT2D eigenvalue weighted by molar-refractivity contribution is 7.98. The Kier molecular flexibility index (Phi) is 4.70. The number of anilines is 1. The van der Waals surface area contributed by atoms with Gasteiger partial charge in [0.1, 0.15) is 12.1 Å². The highest BCUT2D eigenvalue weighted by atomic mass is 32.2. The predicted molar refractivity (Wildman–Crippen MR) is 82.0 cm³/mol. The first kappa shape index (κ1) is 14.9. The molecule has 1 N–H and O–H groups in total. The van der Waals surface area contributed by atoms with Gasteiger partial charge in [0.2, 0.25) is 11.8 Å². The Morgan fingerprint density at radius 3 is 2.30 bits per heavy atom. The molecule has 0 saturated carbocycles. The lowest BCUT2D eigenvalue weighted by Gasteiger charge is -2.38. The van der Waals surface area contributed by atoms with Crippen LogP contribution in [-0.2, 0) is 9.59 Å². The molecule has 2 atom stereocenters. The summed E-state index contributed by atoms with van der Waals surface area (Å²) in [6.45, 7) is 3.83. The van der Waals surface area contributed by atoms with Gasteiger partial charge in [0, 0.05) is 10.6 Å². The number of carbonyl (C=O) groups is 2. The van der Waals surface area contributed by atoms with E-state index in [1.54, 1.807) is 16.7 Å². The van der Waals surface area contributed by atoms with Gasteiger partial charge in [0.15, 0.2) is 0 Å².